The van der Waals surface area contributed by atoms with Crippen molar-refractivity contribution in [1.82, 2.24) is 4.90 Å². The molecule has 36 heavy (non-hydrogen) atoms. The molecule has 0 saturated carbocycles. The van der Waals surface area contributed by atoms with Gasteiger partial charge in [-0.1, -0.05) is 54.6 Å². The van der Waals surface area contributed by atoms with Crippen LogP contribution in [0.2, 0.25) is 0 Å². The third-order valence-electron chi connectivity index (χ3n) is 7.70. The normalized spacial score (nSPS) is 16.4. The maximum Gasteiger partial charge on any atom is 0.119 e. The predicted molar refractivity (Wildman–Crippen MR) is 148 cm³/mol. The Morgan fingerprint density at radius 1 is 0.944 bits per heavy atom. The Hall–Kier alpha value is -2.91. The van der Waals surface area contributed by atoms with Crippen LogP contribution in [-0.4, -0.2) is 37.8 Å². The molecule has 1 fully saturated rings. The average molecular weight is 484 g/mol. The van der Waals surface area contributed by atoms with Crippen LogP contribution in [0.25, 0.3) is 11.1 Å². The van der Waals surface area contributed by atoms with E-state index in [0.29, 0.717) is 18.9 Å². The zero-order chi connectivity index (χ0) is 24.9. The smallest absolute Gasteiger partial charge is 0.119 e. The number of fused-ring (bicyclic) bond motifs is 1. The predicted octanol–water partition coefficient (Wildman–Crippen LogP) is 7.52. The molecule has 0 N–H and O–H groups in total. The minimum Gasteiger partial charge on any atom is -0.494 e. The third-order valence-corrected chi connectivity index (χ3v) is 7.70. The van der Waals surface area contributed by atoms with E-state index in [1.165, 1.54) is 44.5 Å². The van der Waals surface area contributed by atoms with Crippen LogP contribution in [0.5, 0.6) is 5.75 Å². The lowest BCUT2D eigenvalue weighted by atomic mass is 9.85. The molecular formula is C33H38FNO. The number of hydrogen-bond donors (Lipinski definition) is 0. The van der Waals surface area contributed by atoms with Gasteiger partial charge in [0.05, 0.1) is 13.3 Å². The molecule has 5 rings (SSSR count). The number of benzene rings is 3. The molecule has 1 aliphatic heterocycles. The van der Waals surface area contributed by atoms with Gasteiger partial charge in [0, 0.05) is 19.6 Å². The zero-order valence-electron chi connectivity index (χ0n) is 21.7. The number of halogens is 1. The largest absolute Gasteiger partial charge is 0.494 e. The van der Waals surface area contributed by atoms with Gasteiger partial charge in [-0.25, -0.2) is 0 Å². The van der Waals surface area contributed by atoms with Crippen LogP contribution in [0, 0.1) is 12.8 Å². The molecule has 188 valence electrons. The summed E-state index contributed by atoms with van der Waals surface area (Å²) in [5.41, 5.74) is 10.9. The number of nitrogens with zero attached hydrogens (tertiary/aromatic N) is 1. The lowest BCUT2D eigenvalue weighted by Gasteiger charge is -2.39. The highest BCUT2D eigenvalue weighted by Gasteiger charge is 2.26. The van der Waals surface area contributed by atoms with Crippen molar-refractivity contribution in [3.63, 3.8) is 0 Å². The highest BCUT2D eigenvalue weighted by molar-refractivity contribution is 6.00. The molecular weight excluding hydrogens is 445 g/mol. The molecule has 1 aliphatic carbocycles. The van der Waals surface area contributed by atoms with Gasteiger partial charge in [0.2, 0.25) is 0 Å². The van der Waals surface area contributed by atoms with Gasteiger partial charge in [0.15, 0.2) is 0 Å². The second-order valence-corrected chi connectivity index (χ2v) is 10.3. The zero-order valence-corrected chi connectivity index (χ0v) is 21.7. The molecule has 0 bridgehead atoms. The Bertz CT molecular complexity index is 1210. The summed E-state index contributed by atoms with van der Waals surface area (Å²) in [6, 6.07) is 24.8. The van der Waals surface area contributed by atoms with Crippen LogP contribution in [0.3, 0.4) is 0 Å². The minimum absolute atomic E-state index is 0.209. The topological polar surface area (TPSA) is 12.5 Å². The number of allylic oxidation sites excluding steroid dienone is 1. The van der Waals surface area contributed by atoms with Gasteiger partial charge < -0.3 is 9.64 Å². The van der Waals surface area contributed by atoms with Crippen LogP contribution < -0.4 is 4.74 Å². The summed E-state index contributed by atoms with van der Waals surface area (Å²) in [7, 11) is 0. The molecule has 0 spiro atoms. The standard InChI is InChI=1S/C33H38FNO/c1-3-36-29-16-17-30(24(2)20-29)32-11-6-9-27-8-4-5-10-31(27)33(32)28-14-12-25(13-15-28)21-26-22-35(23-26)19-7-18-34/h4-5,8,10,12-17,20,26H,3,6-7,9,11,18-19,21-23H2,1-2H3. The molecule has 0 unspecified atom stereocenters. The van der Waals surface area contributed by atoms with E-state index in [4.69, 9.17) is 4.74 Å². The first-order valence-corrected chi connectivity index (χ1v) is 13.6. The molecule has 0 radical (unpaired) electrons. The van der Waals surface area contributed by atoms with Crippen molar-refractivity contribution in [2.45, 2.75) is 46.0 Å². The second kappa shape index (κ2) is 11.4. The van der Waals surface area contributed by atoms with Crippen LogP contribution in [0.1, 0.15) is 59.6 Å². The quantitative estimate of drug-likeness (QED) is 0.312. The van der Waals surface area contributed by atoms with Crippen molar-refractivity contribution in [2.24, 2.45) is 5.92 Å². The fraction of sp³-hybridized carbons (Fsp3) is 0.394. The van der Waals surface area contributed by atoms with Crippen LogP contribution >= 0.6 is 0 Å². The summed E-state index contributed by atoms with van der Waals surface area (Å²) >= 11 is 0. The maximum atomic E-state index is 12.4. The van der Waals surface area contributed by atoms with Crippen LogP contribution in [-0.2, 0) is 12.8 Å². The molecule has 1 saturated heterocycles. The third kappa shape index (κ3) is 5.42. The number of hydrogen-bond acceptors (Lipinski definition) is 2. The summed E-state index contributed by atoms with van der Waals surface area (Å²) < 4.78 is 18.2. The SMILES string of the molecule is CCOc1ccc(C2=C(c3ccc(CC4CN(CCCF)C4)cc3)c3ccccc3CCC2)c(C)c1. The van der Waals surface area contributed by atoms with E-state index in [1.807, 2.05) is 6.92 Å². The summed E-state index contributed by atoms with van der Waals surface area (Å²) in [5, 5.41) is 0. The maximum absolute atomic E-state index is 12.4. The first-order valence-electron chi connectivity index (χ1n) is 13.6. The van der Waals surface area contributed by atoms with Crippen molar-refractivity contribution in [3.8, 4) is 5.75 Å². The first-order chi connectivity index (χ1) is 17.7. The molecule has 1 heterocycles. The van der Waals surface area contributed by atoms with Gasteiger partial charge in [0.25, 0.3) is 0 Å². The molecule has 0 atom stereocenters. The summed E-state index contributed by atoms with van der Waals surface area (Å²) in [6.07, 6.45) is 5.09. The number of aryl methyl sites for hydroxylation is 2. The van der Waals surface area contributed by atoms with E-state index in [0.717, 1.165) is 51.1 Å². The van der Waals surface area contributed by atoms with Crippen molar-refractivity contribution < 1.29 is 9.13 Å². The summed E-state index contributed by atoms with van der Waals surface area (Å²) in [5.74, 6) is 1.63. The van der Waals surface area contributed by atoms with Crippen molar-refractivity contribution in [2.75, 3.05) is 32.9 Å². The number of likely N-dealkylation sites (tertiary alicyclic amines) is 1. The highest BCUT2D eigenvalue weighted by atomic mass is 19.1. The van der Waals surface area contributed by atoms with Crippen molar-refractivity contribution in [3.05, 3.63) is 100 Å². The van der Waals surface area contributed by atoms with Gasteiger partial charge in [-0.05, 0) is 109 Å². The van der Waals surface area contributed by atoms with Crippen molar-refractivity contribution in [1.29, 1.82) is 0 Å². The van der Waals surface area contributed by atoms with Crippen LogP contribution in [0.4, 0.5) is 4.39 Å². The molecule has 2 nitrogen and oxygen atoms in total. The number of alkyl halides is 1. The Labute approximate surface area is 215 Å². The lowest BCUT2D eigenvalue weighted by molar-refractivity contribution is 0.0968. The summed E-state index contributed by atoms with van der Waals surface area (Å²) in [4.78, 5) is 2.37. The molecule has 3 aromatic carbocycles. The van der Waals surface area contributed by atoms with E-state index < -0.39 is 0 Å². The monoisotopic (exact) mass is 483 g/mol. The van der Waals surface area contributed by atoms with Crippen LogP contribution in [0.15, 0.2) is 66.7 Å². The fourth-order valence-electron chi connectivity index (χ4n) is 5.97. The van der Waals surface area contributed by atoms with E-state index in [9.17, 15) is 4.39 Å². The van der Waals surface area contributed by atoms with Gasteiger partial charge in [-0.15, -0.1) is 0 Å². The average Bonchev–Trinajstić information content (AvgIpc) is 3.06. The van der Waals surface area contributed by atoms with E-state index in [-0.39, 0.29) is 6.67 Å². The van der Waals surface area contributed by atoms with Gasteiger partial charge in [-0.2, -0.15) is 0 Å². The van der Waals surface area contributed by atoms with E-state index >= 15 is 0 Å². The molecule has 0 amide bonds. The van der Waals surface area contributed by atoms with E-state index in [2.05, 4.69) is 78.6 Å². The first kappa shape index (κ1) is 24.8. The highest BCUT2D eigenvalue weighted by Crippen LogP contribution is 2.41. The second-order valence-electron chi connectivity index (χ2n) is 10.3. The Kier molecular flexibility index (Phi) is 7.87. The van der Waals surface area contributed by atoms with Gasteiger partial charge >= 0.3 is 0 Å². The Morgan fingerprint density at radius 3 is 2.50 bits per heavy atom. The van der Waals surface area contributed by atoms with Crippen molar-refractivity contribution >= 4 is 11.1 Å². The fourth-order valence-corrected chi connectivity index (χ4v) is 5.97. The Morgan fingerprint density at radius 2 is 1.75 bits per heavy atom. The molecule has 2 aliphatic rings. The Balaban J connectivity index is 1.46. The van der Waals surface area contributed by atoms with E-state index in [1.54, 1.807) is 0 Å². The molecule has 3 heteroatoms. The number of rotatable bonds is 9. The van der Waals surface area contributed by atoms with Gasteiger partial charge in [0.1, 0.15) is 5.75 Å². The summed E-state index contributed by atoms with van der Waals surface area (Å²) in [6.45, 7) is 7.81. The molecule has 0 aromatic heterocycles. The molecule has 3 aromatic rings. The van der Waals surface area contributed by atoms with Gasteiger partial charge in [-0.3, -0.25) is 4.39 Å². The number of ether oxygens (including phenoxy) is 1. The lowest BCUT2D eigenvalue weighted by Crippen LogP contribution is -2.47. The minimum atomic E-state index is -0.209.